The maximum atomic E-state index is 16.9. The summed E-state index contributed by atoms with van der Waals surface area (Å²) in [5, 5.41) is 9.94. The molecule has 2 unspecified atom stereocenters. The molecule has 13 rings (SSSR count). The van der Waals surface area contributed by atoms with Crippen LogP contribution < -0.4 is 15.0 Å². The van der Waals surface area contributed by atoms with E-state index in [1.165, 1.54) is 44.4 Å². The van der Waals surface area contributed by atoms with Gasteiger partial charge in [-0.05, 0) is 144 Å². The molecule has 79 heavy (non-hydrogen) atoms. The van der Waals surface area contributed by atoms with E-state index >= 15 is 4.39 Å². The summed E-state index contributed by atoms with van der Waals surface area (Å²) < 4.78 is 50.9. The molecule has 5 saturated heterocycles. The molecule has 1 saturated carbocycles. The number of imide groups is 1. The van der Waals surface area contributed by atoms with E-state index in [2.05, 4.69) is 44.3 Å². The summed E-state index contributed by atoms with van der Waals surface area (Å²) in [6.07, 6.45) is 20.1. The van der Waals surface area contributed by atoms with Crippen molar-refractivity contribution >= 4 is 56.3 Å². The number of pyridine rings is 1. The van der Waals surface area contributed by atoms with Gasteiger partial charge in [-0.2, -0.15) is 15.1 Å². The Morgan fingerprint density at radius 3 is 2.39 bits per heavy atom. The number of anilines is 1. The van der Waals surface area contributed by atoms with Crippen molar-refractivity contribution in [3.8, 4) is 29.6 Å². The molecule has 6 aromatic rings. The molecule has 17 heteroatoms. The summed E-state index contributed by atoms with van der Waals surface area (Å²) in [5.41, 5.74) is 4.70. The fourth-order valence-electron chi connectivity index (χ4n) is 14.2. The predicted octanol–water partition coefficient (Wildman–Crippen LogP) is 10.5. The molecule has 2 atom stereocenters. The molecular weight excluding hydrogens is 1000 g/mol. The van der Waals surface area contributed by atoms with Gasteiger partial charge >= 0.3 is 12.1 Å². The lowest BCUT2D eigenvalue weighted by Crippen LogP contribution is -2.43. The SMILES string of the molecule is C#Cc1c(F)ccc2cccc(-c3nc4c5c(nc(OCC67CCCN6CCC7)nc5c3F)N3CCCOCC3CC4)c12.CC.COC(=O)N1CCC(C2CCC(c3ccc4c(C5CCC(=O)NC5=O)nn(C)c4c3)CC2)CC1. The van der Waals surface area contributed by atoms with Crippen molar-refractivity contribution in [3.05, 3.63) is 82.7 Å². The van der Waals surface area contributed by atoms with Gasteiger partial charge in [0.05, 0.1) is 59.1 Å². The number of rotatable bonds is 7. The van der Waals surface area contributed by atoms with Gasteiger partial charge in [-0.1, -0.05) is 56.2 Å². The number of hydrogen-bond donors (Lipinski definition) is 1. The summed E-state index contributed by atoms with van der Waals surface area (Å²) in [6.45, 7) is 10.2. The lowest BCUT2D eigenvalue weighted by molar-refractivity contribution is -0.134. The fraction of sp³-hybridized carbons (Fsp3) is 0.532. The van der Waals surface area contributed by atoms with E-state index in [1.54, 1.807) is 12.1 Å². The minimum Gasteiger partial charge on any atom is -0.461 e. The van der Waals surface area contributed by atoms with Crippen LogP contribution in [0.1, 0.15) is 138 Å². The molecule has 0 spiro atoms. The van der Waals surface area contributed by atoms with Crippen LogP contribution in [-0.2, 0) is 32.5 Å². The lowest BCUT2D eigenvalue weighted by Gasteiger charge is -2.38. The van der Waals surface area contributed by atoms with Crippen LogP contribution in [0.25, 0.3) is 43.8 Å². The standard InChI is InChI=1S/C34H33F2N5O2.C26H34N4O4.C2H6/c1-2-23-25(35)11-9-21-7-3-8-24(27(21)23)30-29(36)31-28-26(37-30)12-10-22-19-42-18-6-17-41(22)32(28)39-33(38-31)43-20-34-13-4-15-40(34)16-5-14-34;1-29-22-15-19(7-8-20(22)24(28-29)21-9-10-23(31)27-25(21)32)17-5-3-16(4-6-17)18-11-13-30(14-12-18)26(33)34-2;1-2/h1,3,7-9,11,22H,4-6,10,12-20H2;7-8,15-18,21H,3-6,9-14H2,1-2H3,(H,27,31,32);1-2H3. The molecule has 0 radical (unpaired) electrons. The van der Waals surface area contributed by atoms with Crippen LogP contribution in [0.3, 0.4) is 0 Å². The average molecular weight is 1080 g/mol. The Hall–Kier alpha value is -6.77. The number of halogens is 2. The normalized spacial score (nSPS) is 23.1. The first kappa shape index (κ1) is 54.2. The number of likely N-dealkylation sites (tertiary alicyclic amines) is 1. The first-order valence-electron chi connectivity index (χ1n) is 28.9. The van der Waals surface area contributed by atoms with Gasteiger partial charge in [-0.3, -0.25) is 24.5 Å². The third-order valence-electron chi connectivity index (χ3n) is 18.3. The number of nitrogens with zero attached hydrogens (tertiary/aromatic N) is 8. The Morgan fingerprint density at radius 2 is 1.65 bits per heavy atom. The maximum Gasteiger partial charge on any atom is 0.409 e. The third kappa shape index (κ3) is 10.4. The number of aromatic nitrogens is 5. The van der Waals surface area contributed by atoms with Crippen LogP contribution in [0, 0.1) is 35.8 Å². The van der Waals surface area contributed by atoms with Crippen LogP contribution in [0.4, 0.5) is 19.4 Å². The monoisotopic (exact) mass is 1080 g/mol. The van der Waals surface area contributed by atoms with Crippen molar-refractivity contribution in [2.45, 2.75) is 134 Å². The number of carbonyl (C=O) groups is 3. The largest absolute Gasteiger partial charge is 0.461 e. The molecule has 9 heterocycles. The minimum atomic E-state index is -0.585. The van der Waals surface area contributed by atoms with Gasteiger partial charge in [0.2, 0.25) is 11.8 Å². The Morgan fingerprint density at radius 1 is 0.873 bits per heavy atom. The van der Waals surface area contributed by atoms with Gasteiger partial charge in [-0.25, -0.2) is 18.6 Å². The second-order valence-electron chi connectivity index (χ2n) is 22.5. The zero-order chi connectivity index (χ0) is 55.0. The Labute approximate surface area is 461 Å². The molecule has 0 bridgehead atoms. The number of hydrogen-bond acceptors (Lipinski definition) is 12. The molecule has 3 aromatic heterocycles. The highest BCUT2D eigenvalue weighted by Gasteiger charge is 2.45. The van der Waals surface area contributed by atoms with Crippen molar-refractivity contribution < 1.29 is 37.4 Å². The van der Waals surface area contributed by atoms with Crippen LogP contribution in [0.2, 0.25) is 0 Å². The van der Waals surface area contributed by atoms with Crippen molar-refractivity contribution in [3.63, 3.8) is 0 Å². The highest BCUT2D eigenvalue weighted by atomic mass is 19.1. The molecular formula is C62H73F2N9O6. The predicted molar refractivity (Wildman–Crippen MR) is 300 cm³/mol. The van der Waals surface area contributed by atoms with Crippen molar-refractivity contribution in [1.29, 1.82) is 0 Å². The van der Waals surface area contributed by atoms with E-state index in [0.717, 1.165) is 107 Å². The molecule has 6 fully saturated rings. The van der Waals surface area contributed by atoms with Crippen LogP contribution >= 0.6 is 0 Å². The third-order valence-corrected chi connectivity index (χ3v) is 18.3. The van der Waals surface area contributed by atoms with E-state index in [4.69, 9.17) is 35.6 Å². The van der Waals surface area contributed by atoms with Gasteiger partial charge < -0.3 is 24.0 Å². The Bertz CT molecular complexity index is 3310. The molecule has 1 aliphatic carbocycles. The van der Waals surface area contributed by atoms with Gasteiger partial charge in [0.25, 0.3) is 0 Å². The number of methoxy groups -OCH3 is 1. The molecule has 15 nitrogen and oxygen atoms in total. The summed E-state index contributed by atoms with van der Waals surface area (Å²) in [6, 6.07) is 15.2. The number of piperidine rings is 2. The van der Waals surface area contributed by atoms with Gasteiger partial charge in [-0.15, -0.1) is 6.42 Å². The Balaban J connectivity index is 0.000000167. The summed E-state index contributed by atoms with van der Waals surface area (Å²) in [4.78, 5) is 56.9. The summed E-state index contributed by atoms with van der Waals surface area (Å²) in [7, 11) is 3.38. The number of ether oxygens (including phenoxy) is 3. The van der Waals surface area contributed by atoms with Crippen molar-refractivity contribution in [2.75, 3.05) is 64.6 Å². The van der Waals surface area contributed by atoms with Crippen molar-refractivity contribution in [2.24, 2.45) is 18.9 Å². The zero-order valence-electron chi connectivity index (χ0n) is 46.1. The minimum absolute atomic E-state index is 0.00280. The number of amides is 3. The summed E-state index contributed by atoms with van der Waals surface area (Å²) >= 11 is 0. The van der Waals surface area contributed by atoms with Gasteiger partial charge in [0.1, 0.15) is 29.5 Å². The highest BCUT2D eigenvalue weighted by molar-refractivity contribution is 6.04. The lowest BCUT2D eigenvalue weighted by atomic mass is 9.71. The number of benzene rings is 3. The molecule has 1 N–H and O–H groups in total. The highest BCUT2D eigenvalue weighted by Crippen LogP contribution is 2.45. The second-order valence-corrected chi connectivity index (χ2v) is 22.5. The Kier molecular flexibility index (Phi) is 15.9. The van der Waals surface area contributed by atoms with E-state index in [1.807, 2.05) is 42.6 Å². The number of nitrogens with one attached hydrogen (secondary N) is 1. The second kappa shape index (κ2) is 23.1. The van der Waals surface area contributed by atoms with Crippen LogP contribution in [0.5, 0.6) is 6.01 Å². The smallest absolute Gasteiger partial charge is 0.409 e. The molecule has 3 aromatic carbocycles. The maximum absolute atomic E-state index is 16.9. The number of terminal acetylenes is 1. The number of fused-ring (bicyclic) bond motifs is 5. The average Bonchev–Trinajstić information content (AvgIpc) is 4.27. The van der Waals surface area contributed by atoms with E-state index in [0.29, 0.717) is 84.2 Å². The fourth-order valence-corrected chi connectivity index (χ4v) is 14.2. The number of carbonyl (C=O) groups excluding carboxylic acids is 3. The molecule has 6 aliphatic heterocycles. The molecule has 7 aliphatic rings. The van der Waals surface area contributed by atoms with Crippen LogP contribution in [-0.4, -0.2) is 124 Å². The first-order chi connectivity index (χ1) is 38.5. The number of aryl methyl sites for hydroxylation is 2. The molecule has 416 valence electrons. The quantitative estimate of drug-likeness (QED) is 0.119. The van der Waals surface area contributed by atoms with Crippen LogP contribution in [0.15, 0.2) is 48.5 Å². The van der Waals surface area contributed by atoms with Gasteiger partial charge in [0.15, 0.2) is 5.82 Å². The van der Waals surface area contributed by atoms with Crippen molar-refractivity contribution in [1.82, 2.24) is 39.8 Å². The van der Waals surface area contributed by atoms with E-state index < -0.39 is 11.6 Å². The van der Waals surface area contributed by atoms with Gasteiger partial charge in [0, 0.05) is 56.0 Å². The molecule has 3 amide bonds. The first-order valence-corrected chi connectivity index (χ1v) is 28.9. The van der Waals surface area contributed by atoms with E-state index in [9.17, 15) is 18.8 Å². The summed E-state index contributed by atoms with van der Waals surface area (Å²) in [5.74, 6) is 3.21. The topological polar surface area (TPSA) is 157 Å². The zero-order valence-corrected chi connectivity index (χ0v) is 46.1. The van der Waals surface area contributed by atoms with E-state index in [-0.39, 0.29) is 58.2 Å².